The molecule has 3 heteroatoms. The maximum Gasteiger partial charge on any atom is 0.137 e. The van der Waals surface area contributed by atoms with Gasteiger partial charge in [-0.05, 0) is 33.4 Å². The number of rotatable bonds is 7. The molecular formula is C11H25N2O+. The van der Waals surface area contributed by atoms with Crippen molar-refractivity contribution >= 4 is 6.29 Å². The van der Waals surface area contributed by atoms with Crippen LogP contribution in [-0.4, -0.2) is 63.5 Å². The Morgan fingerprint density at radius 1 is 1.21 bits per heavy atom. The van der Waals surface area contributed by atoms with E-state index in [1.807, 2.05) is 19.0 Å². The second-order valence-corrected chi connectivity index (χ2v) is 5.18. The van der Waals surface area contributed by atoms with E-state index in [1.165, 1.54) is 13.0 Å². The van der Waals surface area contributed by atoms with E-state index < -0.39 is 0 Å². The molecule has 0 N–H and O–H groups in total. The van der Waals surface area contributed by atoms with Gasteiger partial charge in [-0.3, -0.25) is 0 Å². The monoisotopic (exact) mass is 201 g/mol. The summed E-state index contributed by atoms with van der Waals surface area (Å²) in [5, 5.41) is 0. The van der Waals surface area contributed by atoms with Crippen LogP contribution in [0.4, 0.5) is 0 Å². The fourth-order valence-electron chi connectivity index (χ4n) is 1.39. The maximum absolute atomic E-state index is 10.7. The second-order valence-electron chi connectivity index (χ2n) is 5.18. The Balaban J connectivity index is 3.57. The van der Waals surface area contributed by atoms with Gasteiger partial charge in [-0.25, -0.2) is 0 Å². The lowest BCUT2D eigenvalue weighted by molar-refractivity contribution is -0.870. The van der Waals surface area contributed by atoms with E-state index in [2.05, 4.69) is 21.1 Å². The molecule has 0 aliphatic heterocycles. The molecule has 84 valence electrons. The topological polar surface area (TPSA) is 20.3 Å². The lowest BCUT2D eigenvalue weighted by atomic mass is 10.1. The van der Waals surface area contributed by atoms with Gasteiger partial charge < -0.3 is 14.2 Å². The summed E-state index contributed by atoms with van der Waals surface area (Å²) in [5.74, 6) is 0. The van der Waals surface area contributed by atoms with Gasteiger partial charge in [-0.15, -0.1) is 0 Å². The van der Waals surface area contributed by atoms with Gasteiger partial charge in [0.15, 0.2) is 0 Å². The molecule has 0 heterocycles. The molecule has 14 heavy (non-hydrogen) atoms. The van der Waals surface area contributed by atoms with Crippen molar-refractivity contribution in [1.82, 2.24) is 4.90 Å². The number of aldehydes is 1. The van der Waals surface area contributed by atoms with Crippen LogP contribution in [0.3, 0.4) is 0 Å². The van der Waals surface area contributed by atoms with Crippen LogP contribution < -0.4 is 0 Å². The summed E-state index contributed by atoms with van der Waals surface area (Å²) in [4.78, 5) is 12.7. The normalized spacial score (nSPS) is 14.4. The fourth-order valence-corrected chi connectivity index (χ4v) is 1.39. The summed E-state index contributed by atoms with van der Waals surface area (Å²) >= 11 is 0. The molecule has 0 saturated heterocycles. The molecule has 1 atom stereocenters. The Bertz CT molecular complexity index is 161. The molecule has 0 radical (unpaired) electrons. The Hall–Kier alpha value is -0.410. The van der Waals surface area contributed by atoms with E-state index in [1.54, 1.807) is 0 Å². The van der Waals surface area contributed by atoms with Crippen molar-refractivity contribution in [3.63, 3.8) is 0 Å². The number of likely N-dealkylation sites (N-methyl/N-ethyl adjacent to an activating group) is 1. The van der Waals surface area contributed by atoms with Crippen molar-refractivity contribution in [3.8, 4) is 0 Å². The zero-order chi connectivity index (χ0) is 11.2. The average molecular weight is 201 g/mol. The predicted molar refractivity (Wildman–Crippen MR) is 60.3 cm³/mol. The van der Waals surface area contributed by atoms with Crippen molar-refractivity contribution in [2.75, 3.05) is 41.8 Å². The number of hydrogen-bond acceptors (Lipinski definition) is 2. The summed E-state index contributed by atoms with van der Waals surface area (Å²) in [6.07, 6.45) is 4.36. The van der Waals surface area contributed by atoms with E-state index in [4.69, 9.17) is 0 Å². The summed E-state index contributed by atoms with van der Waals surface area (Å²) in [7, 11) is 10.5. The van der Waals surface area contributed by atoms with Gasteiger partial charge in [0.1, 0.15) is 6.29 Å². The number of hydrogen-bond donors (Lipinski definition) is 0. The van der Waals surface area contributed by atoms with E-state index in [9.17, 15) is 4.79 Å². The Labute approximate surface area is 88.3 Å². The summed E-state index contributed by atoms with van der Waals surface area (Å²) in [6, 6.07) is 0.0995. The van der Waals surface area contributed by atoms with E-state index >= 15 is 0 Å². The van der Waals surface area contributed by atoms with Crippen LogP contribution in [0.1, 0.15) is 19.3 Å². The molecule has 0 aliphatic rings. The van der Waals surface area contributed by atoms with Gasteiger partial charge in [-0.1, -0.05) is 0 Å². The smallest absolute Gasteiger partial charge is 0.137 e. The highest BCUT2D eigenvalue weighted by Crippen LogP contribution is 2.05. The summed E-state index contributed by atoms with van der Waals surface area (Å²) < 4.78 is 1.01. The molecule has 0 aromatic carbocycles. The highest BCUT2D eigenvalue weighted by Gasteiger charge is 2.11. The summed E-state index contributed by atoms with van der Waals surface area (Å²) in [5.41, 5.74) is 0. The SMILES string of the molecule is CN(C)[C@H](C=O)CCCC[N+](C)(C)C. The highest BCUT2D eigenvalue weighted by atomic mass is 16.1. The number of nitrogens with zero attached hydrogens (tertiary/aromatic N) is 2. The Kier molecular flexibility index (Phi) is 5.96. The molecule has 0 fully saturated rings. The number of carbonyl (C=O) groups is 1. The van der Waals surface area contributed by atoms with Crippen LogP contribution in [0.2, 0.25) is 0 Å². The number of unbranched alkanes of at least 4 members (excludes halogenated alkanes) is 1. The van der Waals surface area contributed by atoms with Crippen molar-refractivity contribution in [1.29, 1.82) is 0 Å². The molecule has 0 aliphatic carbocycles. The van der Waals surface area contributed by atoms with Gasteiger partial charge in [0.05, 0.1) is 33.7 Å². The highest BCUT2D eigenvalue weighted by molar-refractivity contribution is 5.57. The molecule has 0 saturated carbocycles. The van der Waals surface area contributed by atoms with Crippen molar-refractivity contribution in [2.24, 2.45) is 0 Å². The van der Waals surface area contributed by atoms with Crippen LogP contribution >= 0.6 is 0 Å². The van der Waals surface area contributed by atoms with Crippen LogP contribution in [0.15, 0.2) is 0 Å². The molecular weight excluding hydrogens is 176 g/mol. The quantitative estimate of drug-likeness (QED) is 0.348. The molecule has 0 spiro atoms. The molecule has 0 unspecified atom stereocenters. The van der Waals surface area contributed by atoms with Crippen LogP contribution in [0, 0.1) is 0 Å². The fraction of sp³-hybridized carbons (Fsp3) is 0.909. The third-order valence-corrected chi connectivity index (χ3v) is 2.40. The van der Waals surface area contributed by atoms with Crippen molar-refractivity contribution in [2.45, 2.75) is 25.3 Å². The van der Waals surface area contributed by atoms with E-state index in [0.29, 0.717) is 0 Å². The minimum absolute atomic E-state index is 0.0995. The minimum Gasteiger partial charge on any atom is -0.331 e. The van der Waals surface area contributed by atoms with Gasteiger partial charge in [-0.2, -0.15) is 0 Å². The first-order chi connectivity index (χ1) is 6.37. The standard InChI is InChI=1S/C11H25N2O/c1-12(2)11(10-14)8-6-7-9-13(3,4)5/h10-11H,6-9H2,1-5H3/q+1/t11-/m0/s1. The zero-order valence-corrected chi connectivity index (χ0v) is 10.3. The first kappa shape index (κ1) is 13.6. The first-order valence-electron chi connectivity index (χ1n) is 5.29. The van der Waals surface area contributed by atoms with Gasteiger partial charge >= 0.3 is 0 Å². The molecule has 3 nitrogen and oxygen atoms in total. The van der Waals surface area contributed by atoms with Crippen LogP contribution in [0.5, 0.6) is 0 Å². The van der Waals surface area contributed by atoms with Crippen LogP contribution in [0.25, 0.3) is 0 Å². The maximum atomic E-state index is 10.7. The number of carbonyl (C=O) groups excluding carboxylic acids is 1. The second kappa shape index (κ2) is 6.14. The predicted octanol–water partition coefficient (Wildman–Crippen LogP) is 0.992. The molecule has 0 aromatic rings. The third kappa shape index (κ3) is 7.04. The molecule has 0 aromatic heterocycles. The van der Waals surface area contributed by atoms with Crippen molar-refractivity contribution in [3.05, 3.63) is 0 Å². The largest absolute Gasteiger partial charge is 0.331 e. The van der Waals surface area contributed by atoms with Crippen LogP contribution in [-0.2, 0) is 4.79 Å². The zero-order valence-electron chi connectivity index (χ0n) is 10.3. The van der Waals surface area contributed by atoms with Gasteiger partial charge in [0, 0.05) is 0 Å². The third-order valence-electron chi connectivity index (χ3n) is 2.40. The molecule has 0 amide bonds. The van der Waals surface area contributed by atoms with E-state index in [-0.39, 0.29) is 6.04 Å². The minimum atomic E-state index is 0.0995. The Morgan fingerprint density at radius 3 is 2.14 bits per heavy atom. The molecule has 0 rings (SSSR count). The summed E-state index contributed by atoms with van der Waals surface area (Å²) in [6.45, 7) is 1.18. The Morgan fingerprint density at radius 2 is 1.79 bits per heavy atom. The molecule has 0 bridgehead atoms. The average Bonchev–Trinajstić information content (AvgIpc) is 2.01. The lowest BCUT2D eigenvalue weighted by Crippen LogP contribution is -2.35. The van der Waals surface area contributed by atoms with Gasteiger partial charge in [0.2, 0.25) is 0 Å². The van der Waals surface area contributed by atoms with E-state index in [0.717, 1.165) is 23.6 Å². The lowest BCUT2D eigenvalue weighted by Gasteiger charge is -2.24. The van der Waals surface area contributed by atoms with Gasteiger partial charge in [0.25, 0.3) is 0 Å². The van der Waals surface area contributed by atoms with Crippen molar-refractivity contribution < 1.29 is 9.28 Å². The first-order valence-corrected chi connectivity index (χ1v) is 5.29. The number of quaternary nitrogens is 1.